The quantitative estimate of drug-likeness (QED) is 0.791. The summed E-state index contributed by atoms with van der Waals surface area (Å²) in [5.41, 5.74) is 0.496. The van der Waals surface area contributed by atoms with E-state index < -0.39 is 18.2 Å². The molecule has 0 spiro atoms. The van der Waals surface area contributed by atoms with Gasteiger partial charge in [0, 0.05) is 0 Å². The second-order valence-corrected chi connectivity index (χ2v) is 4.46. The highest BCUT2D eigenvalue weighted by Crippen LogP contribution is 2.44. The maximum absolute atomic E-state index is 12.2. The lowest BCUT2D eigenvalue weighted by molar-refractivity contribution is -0.274. The van der Waals surface area contributed by atoms with Crippen LogP contribution in [0.5, 0.6) is 5.75 Å². The van der Waals surface area contributed by atoms with E-state index in [1.54, 1.807) is 6.07 Å². The Morgan fingerprint density at radius 2 is 2.05 bits per heavy atom. The molecule has 6 heteroatoms. The molecule has 0 saturated heterocycles. The highest BCUT2D eigenvalue weighted by molar-refractivity contribution is 5.79. The van der Waals surface area contributed by atoms with Crippen molar-refractivity contribution in [2.24, 2.45) is 5.92 Å². The van der Waals surface area contributed by atoms with Crippen molar-refractivity contribution in [2.75, 3.05) is 7.11 Å². The van der Waals surface area contributed by atoms with E-state index in [-0.39, 0.29) is 11.7 Å². The number of esters is 1. The summed E-state index contributed by atoms with van der Waals surface area (Å²) >= 11 is 0. The number of ether oxygens (including phenoxy) is 2. The van der Waals surface area contributed by atoms with Gasteiger partial charge in [0.05, 0.1) is 13.0 Å². The van der Waals surface area contributed by atoms with Crippen LogP contribution in [0, 0.1) is 5.92 Å². The number of methoxy groups -OCH3 is 1. The predicted molar refractivity (Wildman–Crippen MR) is 60.6 cm³/mol. The number of rotatable bonds is 4. The maximum atomic E-state index is 12.2. The Morgan fingerprint density at radius 3 is 2.58 bits per heavy atom. The molecule has 1 saturated carbocycles. The average molecular weight is 274 g/mol. The van der Waals surface area contributed by atoms with E-state index in [0.717, 1.165) is 12.8 Å². The lowest BCUT2D eigenvalue weighted by Gasteiger charge is -2.16. The summed E-state index contributed by atoms with van der Waals surface area (Å²) in [6, 6.07) is 5.50. The maximum Gasteiger partial charge on any atom is 0.573 e. The molecular formula is C13H13F3O3. The van der Waals surface area contributed by atoms with Crippen LogP contribution in [0.15, 0.2) is 24.3 Å². The first-order valence-corrected chi connectivity index (χ1v) is 5.84. The Balaban J connectivity index is 2.23. The van der Waals surface area contributed by atoms with Crippen molar-refractivity contribution in [2.45, 2.75) is 25.1 Å². The SMILES string of the molecule is COC(=O)C(c1cccc(OC(F)(F)F)c1)C1CC1. The molecule has 0 bridgehead atoms. The fourth-order valence-corrected chi connectivity index (χ4v) is 2.06. The average Bonchev–Trinajstić information content (AvgIpc) is 3.12. The topological polar surface area (TPSA) is 35.5 Å². The summed E-state index contributed by atoms with van der Waals surface area (Å²) in [6.45, 7) is 0. The third-order valence-electron chi connectivity index (χ3n) is 3.00. The van der Waals surface area contributed by atoms with Crippen molar-refractivity contribution in [3.8, 4) is 5.75 Å². The number of benzene rings is 1. The third kappa shape index (κ3) is 3.62. The molecule has 1 aromatic rings. The normalized spacial score (nSPS) is 16.8. The van der Waals surface area contributed by atoms with Crippen molar-refractivity contribution in [1.29, 1.82) is 0 Å². The number of alkyl halides is 3. The van der Waals surface area contributed by atoms with Gasteiger partial charge in [-0.05, 0) is 36.5 Å². The highest BCUT2D eigenvalue weighted by Gasteiger charge is 2.38. The van der Waals surface area contributed by atoms with Gasteiger partial charge in [0.1, 0.15) is 5.75 Å². The Labute approximate surface area is 108 Å². The number of hydrogen-bond donors (Lipinski definition) is 0. The second kappa shape index (κ2) is 5.11. The van der Waals surface area contributed by atoms with Crippen LogP contribution >= 0.6 is 0 Å². The summed E-state index contributed by atoms with van der Waals surface area (Å²) in [4.78, 5) is 11.7. The van der Waals surface area contributed by atoms with Crippen LogP contribution < -0.4 is 4.74 Å². The van der Waals surface area contributed by atoms with E-state index in [4.69, 9.17) is 4.74 Å². The lowest BCUT2D eigenvalue weighted by atomic mass is 9.94. The van der Waals surface area contributed by atoms with Gasteiger partial charge in [-0.1, -0.05) is 12.1 Å². The number of hydrogen-bond acceptors (Lipinski definition) is 3. The van der Waals surface area contributed by atoms with Crippen molar-refractivity contribution in [1.82, 2.24) is 0 Å². The van der Waals surface area contributed by atoms with Crippen LogP contribution in [0.25, 0.3) is 0 Å². The predicted octanol–water partition coefficient (Wildman–Crippen LogP) is 3.25. The van der Waals surface area contributed by atoms with Gasteiger partial charge in [-0.3, -0.25) is 4.79 Å². The molecule has 0 aromatic heterocycles. The second-order valence-electron chi connectivity index (χ2n) is 4.46. The molecule has 1 atom stereocenters. The van der Waals surface area contributed by atoms with Gasteiger partial charge in [-0.25, -0.2) is 0 Å². The van der Waals surface area contributed by atoms with Crippen LogP contribution in [0.3, 0.4) is 0 Å². The molecule has 3 nitrogen and oxygen atoms in total. The Hall–Kier alpha value is -1.72. The highest BCUT2D eigenvalue weighted by atomic mass is 19.4. The molecule has 1 unspecified atom stereocenters. The smallest absolute Gasteiger partial charge is 0.469 e. The van der Waals surface area contributed by atoms with Gasteiger partial charge in [0.15, 0.2) is 0 Å². The van der Waals surface area contributed by atoms with Gasteiger partial charge < -0.3 is 9.47 Å². The molecule has 0 N–H and O–H groups in total. The lowest BCUT2D eigenvalue weighted by Crippen LogP contribution is -2.19. The molecule has 104 valence electrons. The number of carbonyl (C=O) groups excluding carboxylic acids is 1. The van der Waals surface area contributed by atoms with Gasteiger partial charge in [0.25, 0.3) is 0 Å². The first-order valence-electron chi connectivity index (χ1n) is 5.84. The summed E-state index contributed by atoms with van der Waals surface area (Å²) in [5, 5.41) is 0. The molecule has 2 rings (SSSR count). The van der Waals surface area contributed by atoms with E-state index in [1.807, 2.05) is 0 Å². The summed E-state index contributed by atoms with van der Waals surface area (Å²) in [7, 11) is 1.27. The van der Waals surface area contributed by atoms with E-state index in [2.05, 4.69) is 4.74 Å². The molecule has 0 aliphatic heterocycles. The van der Waals surface area contributed by atoms with E-state index in [0.29, 0.717) is 5.56 Å². The Bertz CT molecular complexity index is 466. The third-order valence-corrected chi connectivity index (χ3v) is 3.00. The molecule has 1 fully saturated rings. The van der Waals surface area contributed by atoms with Crippen molar-refractivity contribution in [3.63, 3.8) is 0 Å². The minimum Gasteiger partial charge on any atom is -0.469 e. The zero-order chi connectivity index (χ0) is 14.0. The van der Waals surface area contributed by atoms with Crippen LogP contribution in [-0.4, -0.2) is 19.4 Å². The Kier molecular flexibility index (Phi) is 3.68. The van der Waals surface area contributed by atoms with Gasteiger partial charge in [0.2, 0.25) is 0 Å². The van der Waals surface area contributed by atoms with Crippen molar-refractivity contribution < 1.29 is 27.4 Å². The largest absolute Gasteiger partial charge is 0.573 e. The van der Waals surface area contributed by atoms with Crippen molar-refractivity contribution >= 4 is 5.97 Å². The summed E-state index contributed by atoms with van der Waals surface area (Å²) in [6.07, 6.45) is -2.98. The van der Waals surface area contributed by atoms with Gasteiger partial charge >= 0.3 is 12.3 Å². The zero-order valence-corrected chi connectivity index (χ0v) is 10.2. The summed E-state index contributed by atoms with van der Waals surface area (Å²) < 4.78 is 45.0. The molecule has 19 heavy (non-hydrogen) atoms. The standard InChI is InChI=1S/C13H13F3O3/c1-18-12(17)11(8-5-6-8)9-3-2-4-10(7-9)19-13(14,15)16/h2-4,7-8,11H,5-6H2,1H3. The molecule has 1 aliphatic rings. The first kappa shape index (κ1) is 13.7. The first-order chi connectivity index (χ1) is 8.90. The van der Waals surface area contributed by atoms with Gasteiger partial charge in [-0.15, -0.1) is 13.2 Å². The number of halogens is 3. The summed E-state index contributed by atoms with van der Waals surface area (Å²) in [5.74, 6) is -1.11. The molecular weight excluding hydrogens is 261 g/mol. The van der Waals surface area contributed by atoms with Crippen LogP contribution in [0.2, 0.25) is 0 Å². The molecule has 0 amide bonds. The number of carbonyl (C=O) groups is 1. The van der Waals surface area contributed by atoms with Crippen molar-refractivity contribution in [3.05, 3.63) is 29.8 Å². The minimum atomic E-state index is -4.74. The molecule has 1 aliphatic carbocycles. The van der Waals surface area contributed by atoms with Gasteiger partial charge in [-0.2, -0.15) is 0 Å². The Morgan fingerprint density at radius 1 is 1.37 bits per heavy atom. The molecule has 0 heterocycles. The molecule has 0 radical (unpaired) electrons. The van der Waals surface area contributed by atoms with E-state index >= 15 is 0 Å². The zero-order valence-electron chi connectivity index (χ0n) is 10.2. The van der Waals surface area contributed by atoms with Crippen LogP contribution in [0.1, 0.15) is 24.3 Å². The van der Waals surface area contributed by atoms with E-state index in [1.165, 1.54) is 25.3 Å². The fourth-order valence-electron chi connectivity index (χ4n) is 2.06. The monoisotopic (exact) mass is 274 g/mol. The van der Waals surface area contributed by atoms with E-state index in [9.17, 15) is 18.0 Å². The van der Waals surface area contributed by atoms with Crippen LogP contribution in [-0.2, 0) is 9.53 Å². The fraction of sp³-hybridized carbons (Fsp3) is 0.462. The van der Waals surface area contributed by atoms with Crippen LogP contribution in [0.4, 0.5) is 13.2 Å². The minimum absolute atomic E-state index is 0.147. The molecule has 1 aromatic carbocycles.